The Balaban J connectivity index is 1.62. The second kappa shape index (κ2) is 7.04. The number of nitrogens with zero attached hydrogens (tertiary/aromatic N) is 1. The van der Waals surface area contributed by atoms with Crippen molar-refractivity contribution in [3.63, 3.8) is 0 Å². The van der Waals surface area contributed by atoms with Crippen molar-refractivity contribution < 1.29 is 19.1 Å². The zero-order valence-corrected chi connectivity index (χ0v) is 14.8. The van der Waals surface area contributed by atoms with Gasteiger partial charge in [0.1, 0.15) is 18.7 Å². The lowest BCUT2D eigenvalue weighted by Crippen LogP contribution is -2.54. The third kappa shape index (κ3) is 3.35. The first-order valence-electron chi connectivity index (χ1n) is 8.47. The van der Waals surface area contributed by atoms with Gasteiger partial charge in [-0.3, -0.25) is 14.5 Å². The Bertz CT molecular complexity index is 708. The first-order valence-corrected chi connectivity index (χ1v) is 8.85. The van der Waals surface area contributed by atoms with E-state index in [2.05, 4.69) is 5.32 Å². The molecular weight excluding hydrogens is 344 g/mol. The van der Waals surface area contributed by atoms with Gasteiger partial charge in [-0.1, -0.05) is 49.6 Å². The summed E-state index contributed by atoms with van der Waals surface area (Å²) < 4.78 is 5.17. The predicted molar refractivity (Wildman–Crippen MR) is 91.9 cm³/mol. The van der Waals surface area contributed by atoms with E-state index in [1.807, 2.05) is 6.92 Å². The fourth-order valence-electron chi connectivity index (χ4n) is 3.59. The fourth-order valence-corrected chi connectivity index (χ4v) is 3.78. The number of rotatable bonds is 4. The quantitative estimate of drug-likeness (QED) is 0.658. The molecule has 1 aliphatic carbocycles. The number of hydrogen-bond acceptors (Lipinski definition) is 4. The zero-order valence-electron chi connectivity index (χ0n) is 14.1. The van der Waals surface area contributed by atoms with Gasteiger partial charge in [-0.05, 0) is 24.8 Å². The third-order valence-corrected chi connectivity index (χ3v) is 5.50. The Morgan fingerprint density at radius 3 is 2.84 bits per heavy atom. The van der Waals surface area contributed by atoms with Crippen LogP contribution < -0.4 is 5.32 Å². The van der Waals surface area contributed by atoms with Crippen molar-refractivity contribution in [1.82, 2.24) is 10.2 Å². The van der Waals surface area contributed by atoms with E-state index in [0.29, 0.717) is 17.0 Å². The fraction of sp³-hybridized carbons (Fsp3) is 0.500. The average Bonchev–Trinajstić information content (AvgIpc) is 2.82. The molecule has 0 radical (unpaired) electrons. The Morgan fingerprint density at radius 2 is 2.12 bits per heavy atom. The van der Waals surface area contributed by atoms with Crippen LogP contribution in [0.25, 0.3) is 0 Å². The topological polar surface area (TPSA) is 75.7 Å². The molecular formula is C18H21ClN2O4. The second-order valence-corrected chi connectivity index (χ2v) is 7.10. The van der Waals surface area contributed by atoms with Crippen LogP contribution in [0.4, 0.5) is 4.79 Å². The highest BCUT2D eigenvalue weighted by Gasteiger charge is 2.55. The van der Waals surface area contributed by atoms with Crippen LogP contribution in [-0.2, 0) is 20.9 Å². The number of carbonyl (C=O) groups is 3. The summed E-state index contributed by atoms with van der Waals surface area (Å²) >= 11 is 6.02. The lowest BCUT2D eigenvalue weighted by Gasteiger charge is -2.36. The minimum atomic E-state index is -0.863. The third-order valence-electron chi connectivity index (χ3n) is 5.14. The van der Waals surface area contributed by atoms with Gasteiger partial charge in [-0.2, -0.15) is 0 Å². The smallest absolute Gasteiger partial charge is 0.326 e. The molecule has 1 aliphatic heterocycles. The van der Waals surface area contributed by atoms with Crippen LogP contribution in [0.2, 0.25) is 5.02 Å². The minimum Gasteiger partial charge on any atom is -0.459 e. The molecule has 1 N–H and O–H groups in total. The Kier molecular flexibility index (Phi) is 4.99. The van der Waals surface area contributed by atoms with Crippen molar-refractivity contribution in [1.29, 1.82) is 0 Å². The van der Waals surface area contributed by atoms with Crippen LogP contribution in [0.3, 0.4) is 0 Å². The monoisotopic (exact) mass is 364 g/mol. The molecule has 3 amide bonds. The standard InChI is InChI=1S/C18H21ClN2O4/c1-12-6-4-5-9-18(12)16(23)21(17(24)20-18)10-15(22)25-11-13-7-2-3-8-14(13)19/h2-3,7-8,12H,4-6,9-11H2,1H3,(H,20,24)/t12-,18+/m0/s1. The molecule has 0 bridgehead atoms. The molecule has 1 spiro atoms. The predicted octanol–water partition coefficient (Wildman–Crippen LogP) is 2.88. The maximum absolute atomic E-state index is 12.8. The Morgan fingerprint density at radius 1 is 1.36 bits per heavy atom. The van der Waals surface area contributed by atoms with E-state index < -0.39 is 17.5 Å². The minimum absolute atomic E-state index is 0.00367. The summed E-state index contributed by atoms with van der Waals surface area (Å²) in [6.07, 6.45) is 3.44. The van der Waals surface area contributed by atoms with Crippen LogP contribution in [0.15, 0.2) is 24.3 Å². The van der Waals surface area contributed by atoms with Crippen LogP contribution >= 0.6 is 11.6 Å². The molecule has 2 aliphatic rings. The lowest BCUT2D eigenvalue weighted by molar-refractivity contribution is -0.149. The van der Waals surface area contributed by atoms with E-state index in [1.165, 1.54) is 0 Å². The molecule has 1 saturated heterocycles. The molecule has 1 heterocycles. The zero-order chi connectivity index (χ0) is 18.0. The van der Waals surface area contributed by atoms with E-state index in [1.54, 1.807) is 24.3 Å². The van der Waals surface area contributed by atoms with Crippen molar-refractivity contribution in [2.75, 3.05) is 6.54 Å². The van der Waals surface area contributed by atoms with Crippen LogP contribution in [-0.4, -0.2) is 34.9 Å². The summed E-state index contributed by atoms with van der Waals surface area (Å²) in [4.78, 5) is 38.1. The summed E-state index contributed by atoms with van der Waals surface area (Å²) in [5, 5.41) is 3.32. The summed E-state index contributed by atoms with van der Waals surface area (Å²) in [6, 6.07) is 6.51. The van der Waals surface area contributed by atoms with Crippen molar-refractivity contribution in [3.8, 4) is 0 Å². The van der Waals surface area contributed by atoms with Gasteiger partial charge in [-0.25, -0.2) is 4.79 Å². The molecule has 1 aromatic rings. The SMILES string of the molecule is C[C@H]1CCCC[C@@]12NC(=O)N(CC(=O)OCc1ccccc1Cl)C2=O. The van der Waals surface area contributed by atoms with Crippen molar-refractivity contribution in [2.45, 2.75) is 44.8 Å². The van der Waals surface area contributed by atoms with Gasteiger partial charge >= 0.3 is 12.0 Å². The number of esters is 1. The van der Waals surface area contributed by atoms with E-state index in [9.17, 15) is 14.4 Å². The number of imide groups is 1. The molecule has 2 fully saturated rings. The summed E-state index contributed by atoms with van der Waals surface area (Å²) in [6.45, 7) is 1.59. The summed E-state index contributed by atoms with van der Waals surface area (Å²) in [5.41, 5.74) is -0.190. The molecule has 0 unspecified atom stereocenters. The highest BCUT2D eigenvalue weighted by Crippen LogP contribution is 2.38. The van der Waals surface area contributed by atoms with Crippen molar-refractivity contribution >= 4 is 29.5 Å². The molecule has 3 rings (SSSR count). The highest BCUT2D eigenvalue weighted by atomic mass is 35.5. The average molecular weight is 365 g/mol. The van der Waals surface area contributed by atoms with Gasteiger partial charge in [-0.15, -0.1) is 0 Å². The van der Waals surface area contributed by atoms with E-state index in [4.69, 9.17) is 16.3 Å². The van der Waals surface area contributed by atoms with E-state index in [0.717, 1.165) is 24.2 Å². The molecule has 2 atom stereocenters. The molecule has 1 aromatic carbocycles. The van der Waals surface area contributed by atoms with Crippen LogP contribution in [0.1, 0.15) is 38.2 Å². The maximum Gasteiger partial charge on any atom is 0.326 e. The second-order valence-electron chi connectivity index (χ2n) is 6.69. The normalized spacial score (nSPS) is 26.0. The number of carbonyl (C=O) groups excluding carboxylic acids is 3. The summed E-state index contributed by atoms with van der Waals surface area (Å²) in [5.74, 6) is -0.898. The number of hydrogen-bond donors (Lipinski definition) is 1. The molecule has 134 valence electrons. The van der Waals surface area contributed by atoms with Gasteiger partial charge in [0, 0.05) is 10.6 Å². The molecule has 25 heavy (non-hydrogen) atoms. The number of ether oxygens (including phenoxy) is 1. The van der Waals surface area contributed by atoms with Crippen molar-refractivity contribution in [3.05, 3.63) is 34.9 Å². The Hall–Kier alpha value is -2.08. The number of benzene rings is 1. The molecule has 6 nitrogen and oxygen atoms in total. The first-order chi connectivity index (χ1) is 11.9. The van der Waals surface area contributed by atoms with Gasteiger partial charge in [0.2, 0.25) is 0 Å². The van der Waals surface area contributed by atoms with Gasteiger partial charge in [0.15, 0.2) is 0 Å². The van der Waals surface area contributed by atoms with E-state index >= 15 is 0 Å². The van der Waals surface area contributed by atoms with E-state index in [-0.39, 0.29) is 25.0 Å². The number of halogens is 1. The molecule has 1 saturated carbocycles. The first kappa shape index (κ1) is 17.7. The Labute approximate surface area is 151 Å². The van der Waals surface area contributed by atoms with Gasteiger partial charge in [0.05, 0.1) is 0 Å². The molecule has 0 aromatic heterocycles. The highest BCUT2D eigenvalue weighted by molar-refractivity contribution is 6.31. The van der Waals surface area contributed by atoms with Crippen LogP contribution in [0, 0.1) is 5.92 Å². The largest absolute Gasteiger partial charge is 0.459 e. The number of nitrogens with one attached hydrogen (secondary N) is 1. The maximum atomic E-state index is 12.8. The number of amides is 3. The van der Waals surface area contributed by atoms with Crippen LogP contribution in [0.5, 0.6) is 0 Å². The number of urea groups is 1. The molecule has 7 heteroatoms. The summed E-state index contributed by atoms with van der Waals surface area (Å²) in [7, 11) is 0. The van der Waals surface area contributed by atoms with Gasteiger partial charge < -0.3 is 10.1 Å². The van der Waals surface area contributed by atoms with Crippen molar-refractivity contribution in [2.24, 2.45) is 5.92 Å². The van der Waals surface area contributed by atoms with Gasteiger partial charge in [0.25, 0.3) is 5.91 Å². The lowest BCUT2D eigenvalue weighted by atomic mass is 9.73.